The molecule has 1 unspecified atom stereocenters. The van der Waals surface area contributed by atoms with Crippen molar-refractivity contribution in [3.05, 3.63) is 23.8 Å². The minimum atomic E-state index is -0.676. The molecule has 1 N–H and O–H groups in total. The van der Waals surface area contributed by atoms with Crippen LogP contribution in [0.4, 0.5) is 0 Å². The number of hydrogen-bond donors (Lipinski definition) is 1. The predicted molar refractivity (Wildman–Crippen MR) is 81.8 cm³/mol. The van der Waals surface area contributed by atoms with Crippen LogP contribution in [0.25, 0.3) is 0 Å². The molecule has 1 aliphatic heterocycles. The Morgan fingerprint density at radius 2 is 2.09 bits per heavy atom. The van der Waals surface area contributed by atoms with Crippen molar-refractivity contribution in [1.82, 2.24) is 5.32 Å². The number of methoxy groups -OCH3 is 1. The lowest BCUT2D eigenvalue weighted by atomic mass is 10.0. The molecule has 7 heteroatoms. The van der Waals surface area contributed by atoms with Crippen molar-refractivity contribution in [2.45, 2.75) is 19.4 Å². The lowest BCUT2D eigenvalue weighted by molar-refractivity contribution is -0.143. The Hall–Kier alpha value is -2.12. The van der Waals surface area contributed by atoms with Crippen LogP contribution < -0.4 is 14.8 Å². The predicted octanol–water partition coefficient (Wildman–Crippen LogP) is 1.16. The highest BCUT2D eigenvalue weighted by molar-refractivity contribution is 6.02. The Labute approximate surface area is 134 Å². The summed E-state index contributed by atoms with van der Waals surface area (Å²) >= 11 is 0. The average Bonchev–Trinajstić information content (AvgIpc) is 3.01. The summed E-state index contributed by atoms with van der Waals surface area (Å²) in [6, 6.07) is 4.29. The molecule has 0 bridgehead atoms. The van der Waals surface area contributed by atoms with Crippen LogP contribution in [0.1, 0.15) is 23.7 Å². The minimum absolute atomic E-state index is 0.0369. The number of benzene rings is 1. The van der Waals surface area contributed by atoms with Crippen LogP contribution in [0.15, 0.2) is 18.2 Å². The van der Waals surface area contributed by atoms with Crippen molar-refractivity contribution < 1.29 is 28.5 Å². The summed E-state index contributed by atoms with van der Waals surface area (Å²) in [6.45, 7) is 3.04. The number of ketones is 1. The van der Waals surface area contributed by atoms with Crippen LogP contribution in [0, 0.1) is 0 Å². The SMILES string of the molecule is CCOC(=O)CC(NCCOC)C(=O)c1ccc2c(c1)OCO2. The van der Waals surface area contributed by atoms with Gasteiger partial charge in [0, 0.05) is 19.2 Å². The minimum Gasteiger partial charge on any atom is -0.466 e. The zero-order chi connectivity index (χ0) is 16.7. The zero-order valence-corrected chi connectivity index (χ0v) is 13.3. The Kier molecular flexibility index (Phi) is 6.37. The number of esters is 1. The number of ether oxygens (including phenoxy) is 4. The van der Waals surface area contributed by atoms with Gasteiger partial charge in [0.2, 0.25) is 6.79 Å². The first-order valence-corrected chi connectivity index (χ1v) is 7.47. The lowest BCUT2D eigenvalue weighted by Gasteiger charge is -2.17. The summed E-state index contributed by atoms with van der Waals surface area (Å²) < 4.78 is 20.4. The molecule has 0 saturated carbocycles. The molecule has 1 aromatic carbocycles. The van der Waals surface area contributed by atoms with E-state index in [1.54, 1.807) is 32.2 Å². The van der Waals surface area contributed by atoms with E-state index in [2.05, 4.69) is 5.32 Å². The molecule has 2 rings (SSSR count). The summed E-state index contributed by atoms with van der Waals surface area (Å²) in [5.74, 6) is 0.516. The maximum absolute atomic E-state index is 12.7. The smallest absolute Gasteiger partial charge is 0.307 e. The van der Waals surface area contributed by atoms with Crippen molar-refractivity contribution in [2.24, 2.45) is 0 Å². The summed E-state index contributed by atoms with van der Waals surface area (Å²) in [5, 5.41) is 3.03. The van der Waals surface area contributed by atoms with Gasteiger partial charge in [-0.3, -0.25) is 9.59 Å². The average molecular weight is 323 g/mol. The molecule has 1 aromatic rings. The van der Waals surface area contributed by atoms with Gasteiger partial charge in [-0.25, -0.2) is 0 Å². The highest BCUT2D eigenvalue weighted by Gasteiger charge is 2.25. The fourth-order valence-electron chi connectivity index (χ4n) is 2.23. The van der Waals surface area contributed by atoms with Gasteiger partial charge < -0.3 is 24.3 Å². The van der Waals surface area contributed by atoms with E-state index in [1.165, 1.54) is 0 Å². The van der Waals surface area contributed by atoms with Crippen LogP contribution in [0.3, 0.4) is 0 Å². The normalized spacial score (nSPS) is 13.7. The van der Waals surface area contributed by atoms with Crippen molar-refractivity contribution in [3.63, 3.8) is 0 Å². The first kappa shape index (κ1) is 17.2. The molecule has 0 radical (unpaired) electrons. The van der Waals surface area contributed by atoms with Gasteiger partial charge in [0.05, 0.1) is 25.7 Å². The molecular weight excluding hydrogens is 302 g/mol. The molecular formula is C16H21NO6. The van der Waals surface area contributed by atoms with Crippen molar-refractivity contribution in [2.75, 3.05) is 33.7 Å². The summed E-state index contributed by atoms with van der Waals surface area (Å²) in [6.07, 6.45) is -0.0369. The van der Waals surface area contributed by atoms with Crippen LogP contribution in [0.2, 0.25) is 0 Å². The molecule has 0 fully saturated rings. The second-order valence-corrected chi connectivity index (χ2v) is 4.94. The molecule has 0 aromatic heterocycles. The van der Waals surface area contributed by atoms with E-state index in [1.807, 2.05) is 0 Å². The number of carbonyl (C=O) groups is 2. The van der Waals surface area contributed by atoms with Crippen LogP contribution >= 0.6 is 0 Å². The molecule has 1 aliphatic rings. The van der Waals surface area contributed by atoms with Crippen molar-refractivity contribution >= 4 is 11.8 Å². The molecule has 7 nitrogen and oxygen atoms in total. The standard InChI is InChI=1S/C16H21NO6/c1-3-21-15(18)9-12(17-6-7-20-2)16(19)11-4-5-13-14(8-11)23-10-22-13/h4-5,8,12,17H,3,6-7,9-10H2,1-2H3. The number of fused-ring (bicyclic) bond motifs is 1. The number of Topliss-reactive ketones (excluding diaryl/α,β-unsaturated/α-hetero) is 1. The van der Waals surface area contributed by atoms with Gasteiger partial charge >= 0.3 is 5.97 Å². The maximum Gasteiger partial charge on any atom is 0.307 e. The Bertz CT molecular complexity index is 560. The quantitative estimate of drug-likeness (QED) is 0.415. The first-order valence-electron chi connectivity index (χ1n) is 7.47. The maximum atomic E-state index is 12.7. The summed E-state index contributed by atoms with van der Waals surface area (Å²) in [5.41, 5.74) is 0.452. The Morgan fingerprint density at radius 1 is 1.30 bits per heavy atom. The highest BCUT2D eigenvalue weighted by Crippen LogP contribution is 2.32. The van der Waals surface area contributed by atoms with Crippen molar-refractivity contribution in [3.8, 4) is 11.5 Å². The number of rotatable bonds is 9. The Balaban J connectivity index is 2.09. The van der Waals surface area contributed by atoms with Crippen LogP contribution in [-0.2, 0) is 14.3 Å². The third kappa shape index (κ3) is 4.67. The zero-order valence-electron chi connectivity index (χ0n) is 13.3. The van der Waals surface area contributed by atoms with Gasteiger partial charge in [-0.15, -0.1) is 0 Å². The summed E-state index contributed by atoms with van der Waals surface area (Å²) in [4.78, 5) is 24.4. The van der Waals surface area contributed by atoms with Crippen molar-refractivity contribution in [1.29, 1.82) is 0 Å². The van der Waals surface area contributed by atoms with Gasteiger partial charge in [0.1, 0.15) is 0 Å². The van der Waals surface area contributed by atoms with Gasteiger partial charge in [-0.05, 0) is 25.1 Å². The van der Waals surface area contributed by atoms with E-state index in [-0.39, 0.29) is 25.6 Å². The molecule has 0 aliphatic carbocycles. The summed E-state index contributed by atoms with van der Waals surface area (Å²) in [7, 11) is 1.57. The fourth-order valence-corrected chi connectivity index (χ4v) is 2.23. The van der Waals surface area contributed by atoms with Gasteiger partial charge in [-0.1, -0.05) is 0 Å². The van der Waals surface area contributed by atoms with Gasteiger partial charge in [0.15, 0.2) is 17.3 Å². The number of carbonyl (C=O) groups excluding carboxylic acids is 2. The third-order valence-electron chi connectivity index (χ3n) is 3.35. The molecule has 1 atom stereocenters. The molecule has 126 valence electrons. The molecule has 1 heterocycles. The number of nitrogens with one attached hydrogen (secondary N) is 1. The van der Waals surface area contributed by atoms with Crippen LogP contribution in [0.5, 0.6) is 11.5 Å². The molecule has 23 heavy (non-hydrogen) atoms. The second-order valence-electron chi connectivity index (χ2n) is 4.94. The van der Waals surface area contributed by atoms with E-state index < -0.39 is 12.0 Å². The second kappa shape index (κ2) is 8.50. The van der Waals surface area contributed by atoms with E-state index in [9.17, 15) is 9.59 Å². The monoisotopic (exact) mass is 323 g/mol. The van der Waals surface area contributed by atoms with E-state index in [0.29, 0.717) is 30.2 Å². The third-order valence-corrected chi connectivity index (χ3v) is 3.35. The Morgan fingerprint density at radius 3 is 2.83 bits per heavy atom. The molecule has 0 spiro atoms. The van der Waals surface area contributed by atoms with Gasteiger partial charge in [0.25, 0.3) is 0 Å². The fraction of sp³-hybridized carbons (Fsp3) is 0.500. The lowest BCUT2D eigenvalue weighted by Crippen LogP contribution is -2.40. The highest BCUT2D eigenvalue weighted by atomic mass is 16.7. The first-order chi connectivity index (χ1) is 11.2. The van der Waals surface area contributed by atoms with Gasteiger partial charge in [-0.2, -0.15) is 0 Å². The van der Waals surface area contributed by atoms with E-state index >= 15 is 0 Å². The van der Waals surface area contributed by atoms with E-state index in [4.69, 9.17) is 18.9 Å². The molecule has 0 saturated heterocycles. The topological polar surface area (TPSA) is 83.1 Å². The molecule has 0 amide bonds. The van der Waals surface area contributed by atoms with Crippen LogP contribution in [-0.4, -0.2) is 51.5 Å². The largest absolute Gasteiger partial charge is 0.466 e. The van der Waals surface area contributed by atoms with E-state index in [0.717, 1.165) is 0 Å². The number of hydrogen-bond acceptors (Lipinski definition) is 7.